The van der Waals surface area contributed by atoms with Gasteiger partial charge in [0.05, 0.1) is 6.61 Å². The summed E-state index contributed by atoms with van der Waals surface area (Å²) < 4.78 is 5.16. The number of hydrogen-bond donors (Lipinski definition) is 1. The lowest BCUT2D eigenvalue weighted by Gasteiger charge is -2.25. The van der Waals surface area contributed by atoms with Crippen LogP contribution in [0.2, 0.25) is 5.02 Å². The monoisotopic (exact) mass is 283 g/mol. The summed E-state index contributed by atoms with van der Waals surface area (Å²) in [5, 5.41) is 3.90. The van der Waals surface area contributed by atoms with Crippen molar-refractivity contribution in [1.82, 2.24) is 0 Å². The maximum atomic E-state index is 12.1. The minimum Gasteiger partial charge on any atom is -0.464 e. The molecule has 0 aromatic heterocycles. The predicted octanol–water partition coefficient (Wildman–Crippen LogP) is 4.12. The van der Waals surface area contributed by atoms with Gasteiger partial charge in [-0.15, -0.1) is 0 Å². The first-order valence-electron chi connectivity index (χ1n) is 6.81. The molecule has 0 saturated heterocycles. The van der Waals surface area contributed by atoms with Crippen LogP contribution >= 0.6 is 11.6 Å². The van der Waals surface area contributed by atoms with Crippen molar-refractivity contribution in [3.8, 4) is 0 Å². The van der Waals surface area contributed by atoms with E-state index in [1.165, 1.54) is 0 Å². The van der Waals surface area contributed by atoms with Gasteiger partial charge in [-0.2, -0.15) is 0 Å². The van der Waals surface area contributed by atoms with Crippen molar-refractivity contribution in [2.45, 2.75) is 39.7 Å². The fourth-order valence-corrected chi connectivity index (χ4v) is 2.31. The lowest BCUT2D eigenvalue weighted by atomic mass is 9.94. The predicted molar refractivity (Wildman–Crippen MR) is 79.6 cm³/mol. The number of carbonyl (C=O) groups is 1. The van der Waals surface area contributed by atoms with E-state index in [0.717, 1.165) is 18.5 Å². The quantitative estimate of drug-likeness (QED) is 0.765. The molecule has 1 N–H and O–H groups in total. The lowest BCUT2D eigenvalue weighted by Crippen LogP contribution is -2.38. The van der Waals surface area contributed by atoms with Crippen LogP contribution in [0.5, 0.6) is 0 Å². The van der Waals surface area contributed by atoms with Crippen LogP contribution in [-0.4, -0.2) is 18.6 Å². The van der Waals surface area contributed by atoms with Crippen molar-refractivity contribution in [3.05, 3.63) is 29.3 Å². The largest absolute Gasteiger partial charge is 0.464 e. The van der Waals surface area contributed by atoms with Crippen LogP contribution in [0.25, 0.3) is 0 Å². The summed E-state index contributed by atoms with van der Waals surface area (Å²) in [5.41, 5.74) is 0.845. The van der Waals surface area contributed by atoms with E-state index in [2.05, 4.69) is 19.2 Å². The highest BCUT2D eigenvalue weighted by molar-refractivity contribution is 6.30. The number of hydrogen-bond acceptors (Lipinski definition) is 3. The summed E-state index contributed by atoms with van der Waals surface area (Å²) in [4.78, 5) is 12.1. The molecule has 0 aliphatic heterocycles. The summed E-state index contributed by atoms with van der Waals surface area (Å²) in [6, 6.07) is 7.06. The molecule has 0 fully saturated rings. The molecule has 0 saturated carbocycles. The van der Waals surface area contributed by atoms with E-state index in [1.54, 1.807) is 0 Å². The third kappa shape index (κ3) is 4.75. The Morgan fingerprint density at radius 2 is 2.00 bits per heavy atom. The van der Waals surface area contributed by atoms with Gasteiger partial charge in [-0.05, 0) is 31.0 Å². The smallest absolute Gasteiger partial charge is 0.328 e. The van der Waals surface area contributed by atoms with Gasteiger partial charge < -0.3 is 10.1 Å². The highest BCUT2D eigenvalue weighted by Crippen LogP contribution is 2.21. The Morgan fingerprint density at radius 3 is 2.53 bits per heavy atom. The molecular weight excluding hydrogens is 262 g/mol. The topological polar surface area (TPSA) is 38.3 Å². The fourth-order valence-electron chi connectivity index (χ4n) is 2.12. The van der Waals surface area contributed by atoms with Gasteiger partial charge in [-0.1, -0.05) is 44.4 Å². The van der Waals surface area contributed by atoms with Crippen molar-refractivity contribution in [2.24, 2.45) is 5.92 Å². The Balaban J connectivity index is 2.87. The first kappa shape index (κ1) is 15.8. The molecule has 3 nitrogen and oxygen atoms in total. The van der Waals surface area contributed by atoms with Gasteiger partial charge >= 0.3 is 5.97 Å². The number of rotatable bonds is 7. The third-order valence-electron chi connectivity index (χ3n) is 3.21. The molecule has 0 aliphatic rings. The summed E-state index contributed by atoms with van der Waals surface area (Å²) in [6.07, 6.45) is 1.85. The fraction of sp³-hybridized carbons (Fsp3) is 0.533. The van der Waals surface area contributed by atoms with Gasteiger partial charge in [0.2, 0.25) is 0 Å². The summed E-state index contributed by atoms with van der Waals surface area (Å²) >= 11 is 5.96. The van der Waals surface area contributed by atoms with Crippen LogP contribution in [0, 0.1) is 5.92 Å². The highest BCUT2D eigenvalue weighted by Gasteiger charge is 2.27. The zero-order valence-corrected chi connectivity index (χ0v) is 12.5. The number of benzene rings is 1. The van der Waals surface area contributed by atoms with Crippen LogP contribution in [0.3, 0.4) is 0 Å². The average Bonchev–Trinajstić information content (AvgIpc) is 2.39. The van der Waals surface area contributed by atoms with E-state index in [-0.39, 0.29) is 17.9 Å². The zero-order chi connectivity index (χ0) is 14.3. The maximum absolute atomic E-state index is 12.1. The number of nitrogens with one attached hydrogen (secondary N) is 1. The van der Waals surface area contributed by atoms with E-state index < -0.39 is 0 Å². The molecule has 0 radical (unpaired) electrons. The molecule has 1 rings (SSSR count). The summed E-state index contributed by atoms with van der Waals surface area (Å²) in [5.74, 6) is 0.0502. The molecule has 1 atom stereocenters. The Kier molecular flexibility index (Phi) is 6.71. The molecule has 1 aromatic rings. The van der Waals surface area contributed by atoms with Crippen LogP contribution in [0.4, 0.5) is 5.69 Å². The Bertz CT molecular complexity index is 405. The molecule has 0 bridgehead atoms. The van der Waals surface area contributed by atoms with Crippen LogP contribution in [-0.2, 0) is 9.53 Å². The van der Waals surface area contributed by atoms with E-state index >= 15 is 0 Å². The first-order valence-corrected chi connectivity index (χ1v) is 7.18. The SMILES string of the molecule is CCOC(=O)C(Nc1cccc(Cl)c1)C(CC)CC. The molecule has 4 heteroatoms. The van der Waals surface area contributed by atoms with Gasteiger partial charge in [0.25, 0.3) is 0 Å². The van der Waals surface area contributed by atoms with Gasteiger partial charge in [-0.25, -0.2) is 4.79 Å². The first-order chi connectivity index (χ1) is 9.12. The number of carbonyl (C=O) groups excluding carboxylic acids is 1. The standard InChI is InChI=1S/C15H22ClNO2/c1-4-11(5-2)14(15(18)19-6-3)17-13-9-7-8-12(16)10-13/h7-11,14,17H,4-6H2,1-3H3. The molecule has 19 heavy (non-hydrogen) atoms. The average molecular weight is 284 g/mol. The van der Waals surface area contributed by atoms with E-state index in [9.17, 15) is 4.79 Å². The second-order valence-corrected chi connectivity index (χ2v) is 4.90. The summed E-state index contributed by atoms with van der Waals surface area (Å²) in [6.45, 7) is 6.38. The molecular formula is C15H22ClNO2. The number of anilines is 1. The van der Waals surface area contributed by atoms with E-state index in [4.69, 9.17) is 16.3 Å². The van der Waals surface area contributed by atoms with Crippen LogP contribution < -0.4 is 5.32 Å². The van der Waals surface area contributed by atoms with Gasteiger partial charge in [-0.3, -0.25) is 0 Å². The van der Waals surface area contributed by atoms with Gasteiger partial charge in [0, 0.05) is 10.7 Å². The minimum absolute atomic E-state index is 0.198. The Morgan fingerprint density at radius 1 is 1.32 bits per heavy atom. The molecule has 0 spiro atoms. The highest BCUT2D eigenvalue weighted by atomic mass is 35.5. The number of esters is 1. The van der Waals surface area contributed by atoms with Gasteiger partial charge in [0.15, 0.2) is 0 Å². The number of halogens is 1. The van der Waals surface area contributed by atoms with Crippen molar-refractivity contribution < 1.29 is 9.53 Å². The van der Waals surface area contributed by atoms with Crippen molar-refractivity contribution in [2.75, 3.05) is 11.9 Å². The van der Waals surface area contributed by atoms with E-state index in [0.29, 0.717) is 11.6 Å². The van der Waals surface area contributed by atoms with Crippen molar-refractivity contribution in [1.29, 1.82) is 0 Å². The zero-order valence-electron chi connectivity index (χ0n) is 11.8. The summed E-state index contributed by atoms with van der Waals surface area (Å²) in [7, 11) is 0. The van der Waals surface area contributed by atoms with Crippen molar-refractivity contribution in [3.63, 3.8) is 0 Å². The molecule has 0 aliphatic carbocycles. The molecule has 1 unspecified atom stereocenters. The normalized spacial score (nSPS) is 12.3. The molecule has 0 amide bonds. The maximum Gasteiger partial charge on any atom is 0.328 e. The van der Waals surface area contributed by atoms with E-state index in [1.807, 2.05) is 31.2 Å². The van der Waals surface area contributed by atoms with Crippen molar-refractivity contribution >= 4 is 23.3 Å². The second-order valence-electron chi connectivity index (χ2n) is 4.46. The van der Waals surface area contributed by atoms with Crippen LogP contribution in [0.15, 0.2) is 24.3 Å². The van der Waals surface area contributed by atoms with Crippen LogP contribution in [0.1, 0.15) is 33.6 Å². The van der Waals surface area contributed by atoms with Gasteiger partial charge in [0.1, 0.15) is 6.04 Å². The second kappa shape index (κ2) is 8.05. The molecule has 0 heterocycles. The lowest BCUT2D eigenvalue weighted by molar-refractivity contribution is -0.145. The Labute approximate surface area is 120 Å². The minimum atomic E-state index is -0.326. The number of ether oxygens (including phenoxy) is 1. The third-order valence-corrected chi connectivity index (χ3v) is 3.44. The molecule has 106 valence electrons. The molecule has 1 aromatic carbocycles. The Hall–Kier alpha value is -1.22.